The Morgan fingerprint density at radius 2 is 1.82 bits per heavy atom. The van der Waals surface area contributed by atoms with Crippen molar-refractivity contribution in [3.05, 3.63) is 65.6 Å². The van der Waals surface area contributed by atoms with Gasteiger partial charge in [-0.15, -0.1) is 0 Å². The second-order valence-electron chi connectivity index (χ2n) is 5.08. The maximum absolute atomic E-state index is 13.1. The monoisotopic (exact) mass is 295 g/mol. The highest BCUT2D eigenvalue weighted by Crippen LogP contribution is 2.28. The first kappa shape index (κ1) is 14.2. The van der Waals surface area contributed by atoms with Gasteiger partial charge in [0.1, 0.15) is 5.82 Å². The van der Waals surface area contributed by atoms with Gasteiger partial charge in [0.25, 0.3) is 0 Å². The van der Waals surface area contributed by atoms with Crippen LogP contribution in [0.15, 0.2) is 48.5 Å². The van der Waals surface area contributed by atoms with E-state index in [0.29, 0.717) is 5.56 Å². The predicted octanol–water partition coefficient (Wildman–Crippen LogP) is 4.14. The molecule has 3 rings (SSSR count). The Morgan fingerprint density at radius 3 is 2.50 bits per heavy atom. The van der Waals surface area contributed by atoms with Gasteiger partial charge in [0.15, 0.2) is 5.69 Å². The first-order chi connectivity index (χ1) is 10.6. The number of methoxy groups -OCH3 is 1. The van der Waals surface area contributed by atoms with Crippen molar-refractivity contribution in [1.29, 1.82) is 0 Å². The van der Waals surface area contributed by atoms with Crippen molar-refractivity contribution < 1.29 is 13.9 Å². The number of aromatic nitrogens is 1. The molecule has 0 fully saturated rings. The van der Waals surface area contributed by atoms with Crippen LogP contribution in [0.2, 0.25) is 0 Å². The summed E-state index contributed by atoms with van der Waals surface area (Å²) in [4.78, 5) is 16.5. The van der Waals surface area contributed by atoms with Crippen LogP contribution in [-0.4, -0.2) is 18.1 Å². The van der Waals surface area contributed by atoms with Crippen molar-refractivity contribution in [1.82, 2.24) is 4.98 Å². The van der Waals surface area contributed by atoms with Crippen LogP contribution in [0.25, 0.3) is 22.0 Å². The largest absolute Gasteiger partial charge is 0.464 e. The van der Waals surface area contributed by atoms with Gasteiger partial charge in [-0.05, 0) is 42.3 Å². The van der Waals surface area contributed by atoms with E-state index in [4.69, 9.17) is 4.74 Å². The lowest BCUT2D eigenvalue weighted by molar-refractivity contribution is 0.0595. The van der Waals surface area contributed by atoms with Gasteiger partial charge in [0, 0.05) is 10.9 Å². The van der Waals surface area contributed by atoms with Crippen LogP contribution in [0.5, 0.6) is 0 Å². The van der Waals surface area contributed by atoms with E-state index in [9.17, 15) is 9.18 Å². The normalized spacial score (nSPS) is 10.7. The van der Waals surface area contributed by atoms with Crippen LogP contribution in [0.1, 0.15) is 16.1 Å². The molecule has 0 atom stereocenters. The zero-order valence-corrected chi connectivity index (χ0v) is 12.3. The fourth-order valence-corrected chi connectivity index (χ4v) is 2.38. The molecule has 0 radical (unpaired) electrons. The molecule has 0 aliphatic rings. The Morgan fingerprint density at radius 1 is 1.09 bits per heavy atom. The van der Waals surface area contributed by atoms with Gasteiger partial charge in [-0.1, -0.05) is 24.3 Å². The van der Waals surface area contributed by atoms with Gasteiger partial charge in [-0.2, -0.15) is 0 Å². The fraction of sp³-hybridized carbons (Fsp3) is 0.111. The van der Waals surface area contributed by atoms with E-state index < -0.39 is 5.97 Å². The molecule has 0 bridgehead atoms. The fourth-order valence-electron chi connectivity index (χ4n) is 2.38. The van der Waals surface area contributed by atoms with Gasteiger partial charge >= 0.3 is 5.97 Å². The Labute approximate surface area is 127 Å². The second-order valence-corrected chi connectivity index (χ2v) is 5.08. The molecule has 3 aromatic rings. The third-order valence-electron chi connectivity index (χ3n) is 3.51. The zero-order valence-electron chi connectivity index (χ0n) is 12.3. The number of halogens is 1. The highest BCUT2D eigenvalue weighted by atomic mass is 19.1. The number of pyridine rings is 1. The van der Waals surface area contributed by atoms with Crippen molar-refractivity contribution in [2.24, 2.45) is 0 Å². The lowest BCUT2D eigenvalue weighted by atomic mass is 10.0. The standard InChI is InChI=1S/C18H14FNO2/c1-11-3-4-13-10-15(12-5-7-14(19)8-6-12)17(18(21)22-2)20-16(13)9-11/h3-10H,1-2H3. The molecule has 0 saturated carbocycles. The van der Waals surface area contributed by atoms with Gasteiger partial charge in [-0.25, -0.2) is 14.2 Å². The van der Waals surface area contributed by atoms with Crippen LogP contribution >= 0.6 is 0 Å². The van der Waals surface area contributed by atoms with E-state index in [1.54, 1.807) is 12.1 Å². The summed E-state index contributed by atoms with van der Waals surface area (Å²) in [6, 6.07) is 13.7. The molecule has 110 valence electrons. The molecule has 1 heterocycles. The summed E-state index contributed by atoms with van der Waals surface area (Å²) in [5.74, 6) is -0.838. The van der Waals surface area contributed by atoms with Crippen molar-refractivity contribution in [2.45, 2.75) is 6.92 Å². The van der Waals surface area contributed by atoms with E-state index >= 15 is 0 Å². The molecular formula is C18H14FNO2. The van der Waals surface area contributed by atoms with Crippen molar-refractivity contribution in [3.63, 3.8) is 0 Å². The summed E-state index contributed by atoms with van der Waals surface area (Å²) >= 11 is 0. The number of fused-ring (bicyclic) bond motifs is 1. The highest BCUT2D eigenvalue weighted by molar-refractivity contribution is 5.99. The van der Waals surface area contributed by atoms with Gasteiger partial charge in [-0.3, -0.25) is 0 Å². The summed E-state index contributed by atoms with van der Waals surface area (Å²) < 4.78 is 17.9. The number of ether oxygens (including phenoxy) is 1. The Kier molecular flexibility index (Phi) is 3.59. The molecule has 4 heteroatoms. The molecule has 0 saturated heterocycles. The van der Waals surface area contributed by atoms with Gasteiger partial charge in [0.2, 0.25) is 0 Å². The van der Waals surface area contributed by atoms with Crippen molar-refractivity contribution in [3.8, 4) is 11.1 Å². The Hall–Kier alpha value is -2.75. The molecule has 3 nitrogen and oxygen atoms in total. The van der Waals surface area contributed by atoms with Crippen LogP contribution in [0.4, 0.5) is 4.39 Å². The topological polar surface area (TPSA) is 39.2 Å². The smallest absolute Gasteiger partial charge is 0.357 e. The lowest BCUT2D eigenvalue weighted by Crippen LogP contribution is -2.07. The van der Waals surface area contributed by atoms with Crippen LogP contribution < -0.4 is 0 Å². The molecule has 22 heavy (non-hydrogen) atoms. The van der Waals surface area contributed by atoms with Crippen LogP contribution in [0, 0.1) is 12.7 Å². The van der Waals surface area contributed by atoms with Crippen molar-refractivity contribution >= 4 is 16.9 Å². The first-order valence-corrected chi connectivity index (χ1v) is 6.84. The number of nitrogens with zero attached hydrogens (tertiary/aromatic N) is 1. The zero-order chi connectivity index (χ0) is 15.7. The third-order valence-corrected chi connectivity index (χ3v) is 3.51. The summed E-state index contributed by atoms with van der Waals surface area (Å²) in [5.41, 5.74) is 3.36. The van der Waals surface area contributed by atoms with E-state index in [1.807, 2.05) is 31.2 Å². The summed E-state index contributed by atoms with van der Waals surface area (Å²) in [5, 5.41) is 0.914. The molecule has 0 unspecified atom stereocenters. The molecule has 0 amide bonds. The second kappa shape index (κ2) is 5.56. The molecule has 0 aliphatic carbocycles. The number of carbonyl (C=O) groups excluding carboxylic acids is 1. The number of hydrogen-bond acceptors (Lipinski definition) is 3. The van der Waals surface area contributed by atoms with Crippen molar-refractivity contribution in [2.75, 3.05) is 7.11 Å². The number of hydrogen-bond donors (Lipinski definition) is 0. The minimum Gasteiger partial charge on any atom is -0.464 e. The average molecular weight is 295 g/mol. The lowest BCUT2D eigenvalue weighted by Gasteiger charge is -2.10. The van der Waals surface area contributed by atoms with Crippen LogP contribution in [-0.2, 0) is 4.74 Å². The molecule has 0 N–H and O–H groups in total. The molecule has 1 aromatic heterocycles. The Balaban J connectivity index is 2.28. The average Bonchev–Trinajstić information content (AvgIpc) is 2.53. The maximum Gasteiger partial charge on any atom is 0.357 e. The predicted molar refractivity (Wildman–Crippen MR) is 83.2 cm³/mol. The molecular weight excluding hydrogens is 281 g/mol. The summed E-state index contributed by atoms with van der Waals surface area (Å²) in [7, 11) is 1.32. The van der Waals surface area contributed by atoms with E-state index in [0.717, 1.165) is 22.0 Å². The molecule has 0 spiro atoms. The minimum atomic E-state index is -0.511. The molecule has 2 aromatic carbocycles. The SMILES string of the molecule is COC(=O)c1nc2cc(C)ccc2cc1-c1ccc(F)cc1. The number of rotatable bonds is 2. The quantitative estimate of drug-likeness (QED) is 0.667. The third kappa shape index (κ3) is 2.55. The number of carbonyl (C=O) groups is 1. The first-order valence-electron chi connectivity index (χ1n) is 6.84. The minimum absolute atomic E-state index is 0.229. The summed E-state index contributed by atoms with van der Waals surface area (Å²) in [6.07, 6.45) is 0. The van der Waals surface area contributed by atoms with Gasteiger partial charge in [0.05, 0.1) is 12.6 Å². The van der Waals surface area contributed by atoms with Gasteiger partial charge < -0.3 is 4.74 Å². The van der Waals surface area contributed by atoms with Crippen LogP contribution in [0.3, 0.4) is 0 Å². The number of aryl methyl sites for hydroxylation is 1. The van der Waals surface area contributed by atoms with E-state index in [1.165, 1.54) is 19.2 Å². The number of esters is 1. The number of benzene rings is 2. The summed E-state index contributed by atoms with van der Waals surface area (Å²) in [6.45, 7) is 1.97. The highest BCUT2D eigenvalue weighted by Gasteiger charge is 2.16. The molecule has 0 aliphatic heterocycles. The maximum atomic E-state index is 13.1. The van der Waals surface area contributed by atoms with E-state index in [-0.39, 0.29) is 11.5 Å². The van der Waals surface area contributed by atoms with E-state index in [2.05, 4.69) is 4.98 Å². The Bertz CT molecular complexity index is 857.